The number of nitrogens with one attached hydrogen (secondary N) is 1. The molecule has 1 spiro atoms. The second-order valence-electron chi connectivity index (χ2n) is 9.17. The number of urea groups is 1. The molecule has 1 aliphatic carbocycles. The lowest BCUT2D eigenvalue weighted by Crippen LogP contribution is -2.53. The van der Waals surface area contributed by atoms with Crippen molar-refractivity contribution < 1.29 is 18.3 Å². The topological polar surface area (TPSA) is 97.3 Å². The van der Waals surface area contributed by atoms with Crippen LogP contribution in [0.15, 0.2) is 64.5 Å². The molecule has 8 nitrogen and oxygen atoms in total. The van der Waals surface area contributed by atoms with Gasteiger partial charge in [-0.05, 0) is 43.5 Å². The van der Waals surface area contributed by atoms with Crippen LogP contribution in [0.4, 0.5) is 10.5 Å². The smallest absolute Gasteiger partial charge is 0.328 e. The largest absolute Gasteiger partial charge is 0.593 e. The number of rotatable bonds is 5. The van der Waals surface area contributed by atoms with E-state index in [-0.39, 0.29) is 23.5 Å². The lowest BCUT2D eigenvalue weighted by atomic mass is 9.93. The number of aliphatic imine (C=N–C) groups is 1. The normalized spacial score (nSPS) is 26.7. The number of amidine groups is 1. The molecule has 2 atom stereocenters. The molecule has 2 saturated heterocycles. The van der Waals surface area contributed by atoms with Gasteiger partial charge in [0.05, 0.1) is 25.4 Å². The summed E-state index contributed by atoms with van der Waals surface area (Å²) in [6.07, 6.45) is 5.88. The second-order valence-corrected chi connectivity index (χ2v) is 11.1. The number of ether oxygens (including phenoxy) is 1. The Morgan fingerprint density at radius 3 is 2.62 bits per heavy atom. The summed E-state index contributed by atoms with van der Waals surface area (Å²) in [4.78, 5) is 20.3. The van der Waals surface area contributed by atoms with Crippen molar-refractivity contribution in [3.8, 4) is 5.75 Å². The molecular weight excluding hydrogens is 452 g/mol. The van der Waals surface area contributed by atoms with Crippen molar-refractivity contribution in [2.45, 2.75) is 55.0 Å². The Bertz CT molecular complexity index is 1130. The summed E-state index contributed by atoms with van der Waals surface area (Å²) in [5, 5.41) is 3.01. The Balaban J connectivity index is 1.55. The van der Waals surface area contributed by atoms with Crippen LogP contribution >= 0.6 is 0 Å². The highest BCUT2D eigenvalue weighted by Crippen LogP contribution is 2.41. The van der Waals surface area contributed by atoms with Crippen LogP contribution in [0.5, 0.6) is 5.75 Å². The maximum absolute atomic E-state index is 13.4. The fourth-order valence-corrected chi connectivity index (χ4v) is 6.83. The standard InChI is InChI=1S/C25H30N4O4S/c1-33-21-12-8-11-20(17-21)29-24(30)27-23(26-19-9-4-2-5-10-19)25(29)15-16-28(18-25)34(31,32)22-13-6-3-7-14-22/h3,6-8,11-14,17,19H,2,4-5,9-10,15-16,18H2,1H3,(H-,26,27,30,31,32). The van der Waals surface area contributed by atoms with Crippen molar-refractivity contribution >= 4 is 28.0 Å². The first kappa shape index (κ1) is 23.0. The van der Waals surface area contributed by atoms with Crippen LogP contribution in [0, 0.1) is 0 Å². The molecule has 2 amide bonds. The van der Waals surface area contributed by atoms with Gasteiger partial charge in [0, 0.05) is 12.6 Å². The Labute approximate surface area is 201 Å². The maximum Gasteiger partial charge on any atom is 0.328 e. The van der Waals surface area contributed by atoms with Gasteiger partial charge in [0.1, 0.15) is 17.1 Å². The number of carbonyl (C=O) groups excluding carboxylic acids is 1. The van der Waals surface area contributed by atoms with Crippen LogP contribution in [-0.2, 0) is 14.6 Å². The van der Waals surface area contributed by atoms with Gasteiger partial charge in [0.15, 0.2) is 15.3 Å². The molecule has 3 aliphatic rings. The summed E-state index contributed by atoms with van der Waals surface area (Å²) < 4.78 is 33.7. The molecule has 2 unspecified atom stereocenters. The molecule has 34 heavy (non-hydrogen) atoms. The number of hydrogen-bond acceptors (Lipinski definition) is 5. The van der Waals surface area contributed by atoms with Crippen molar-refractivity contribution in [2.24, 2.45) is 4.99 Å². The molecule has 5 rings (SSSR count). The molecule has 1 N–H and O–H groups in total. The number of methoxy groups -OCH3 is 1. The van der Waals surface area contributed by atoms with Crippen LogP contribution in [0.25, 0.3) is 0 Å². The van der Waals surface area contributed by atoms with Crippen LogP contribution < -0.4 is 15.0 Å². The summed E-state index contributed by atoms with van der Waals surface area (Å²) in [6, 6.07) is 15.6. The van der Waals surface area contributed by atoms with Crippen LogP contribution in [-0.4, -0.2) is 52.5 Å². The van der Waals surface area contributed by atoms with Gasteiger partial charge in [-0.3, -0.25) is 15.2 Å². The van der Waals surface area contributed by atoms with Crippen molar-refractivity contribution in [1.29, 1.82) is 0 Å². The molecule has 3 fully saturated rings. The number of benzene rings is 2. The van der Waals surface area contributed by atoms with E-state index in [0.29, 0.717) is 30.2 Å². The minimum absolute atomic E-state index is 0.144. The monoisotopic (exact) mass is 482 g/mol. The first-order valence-corrected chi connectivity index (χ1v) is 13.3. The van der Waals surface area contributed by atoms with Gasteiger partial charge in [-0.2, -0.15) is 0 Å². The van der Waals surface area contributed by atoms with Crippen molar-refractivity contribution in [3.05, 3.63) is 54.6 Å². The highest BCUT2D eigenvalue weighted by molar-refractivity contribution is 7.95. The summed E-state index contributed by atoms with van der Waals surface area (Å²) in [6.45, 7) is 0.447. The number of anilines is 1. The molecule has 2 heterocycles. The zero-order valence-corrected chi connectivity index (χ0v) is 20.1. The van der Waals surface area contributed by atoms with Crippen LogP contribution in [0.3, 0.4) is 0 Å². The van der Waals surface area contributed by atoms with Crippen molar-refractivity contribution in [2.75, 3.05) is 25.1 Å². The van der Waals surface area contributed by atoms with E-state index >= 15 is 0 Å². The predicted molar refractivity (Wildman–Crippen MR) is 131 cm³/mol. The third-order valence-corrected chi connectivity index (χ3v) is 8.95. The average Bonchev–Trinajstić information content (AvgIpc) is 3.42. The Kier molecular flexibility index (Phi) is 6.18. The van der Waals surface area contributed by atoms with Gasteiger partial charge in [-0.25, -0.2) is 4.79 Å². The minimum atomic E-state index is -3.71. The molecule has 2 aromatic rings. The van der Waals surface area contributed by atoms with Crippen molar-refractivity contribution in [3.63, 3.8) is 0 Å². The molecule has 180 valence electrons. The number of sulfonamides is 1. The fourth-order valence-electron chi connectivity index (χ4n) is 5.31. The molecule has 0 aromatic heterocycles. The quantitative estimate of drug-likeness (QED) is 0.651. The van der Waals surface area contributed by atoms with E-state index in [1.165, 1.54) is 10.7 Å². The van der Waals surface area contributed by atoms with Gasteiger partial charge in [0.2, 0.25) is 0 Å². The zero-order valence-electron chi connectivity index (χ0n) is 19.3. The first-order chi connectivity index (χ1) is 16.4. The first-order valence-electron chi connectivity index (χ1n) is 11.8. The minimum Gasteiger partial charge on any atom is -0.593 e. The number of nitrogens with zero attached hydrogens (tertiary/aromatic N) is 3. The Morgan fingerprint density at radius 2 is 1.88 bits per heavy atom. The number of amides is 2. The summed E-state index contributed by atoms with van der Waals surface area (Å²) in [5.41, 5.74) is -0.229. The molecule has 2 aliphatic heterocycles. The highest BCUT2D eigenvalue weighted by atomic mass is 32.3. The number of carbonyl (C=O) groups is 1. The summed E-state index contributed by atoms with van der Waals surface area (Å²) in [5.74, 6) is 1.21. The molecule has 0 bridgehead atoms. The highest BCUT2D eigenvalue weighted by Gasteiger charge is 2.59. The average molecular weight is 483 g/mol. The van der Waals surface area contributed by atoms with E-state index in [1.54, 1.807) is 48.4 Å². The van der Waals surface area contributed by atoms with Gasteiger partial charge in [-0.1, -0.05) is 47.7 Å². The van der Waals surface area contributed by atoms with E-state index in [4.69, 9.17) is 9.73 Å². The summed E-state index contributed by atoms with van der Waals surface area (Å²) >= 11 is 0. The molecule has 9 heteroatoms. The Morgan fingerprint density at radius 1 is 1.12 bits per heavy atom. The molecule has 0 radical (unpaired) electrons. The number of hydrogen-bond donors (Lipinski definition) is 1. The lowest BCUT2D eigenvalue weighted by Gasteiger charge is -2.34. The van der Waals surface area contributed by atoms with E-state index < -0.39 is 15.9 Å². The SMILES string of the molecule is COc1cccc(N2C(=O)NC(=NC3CCCCC3)C23CCN([S+](=O)([O-])c2ccccc2)C3)c1. The van der Waals surface area contributed by atoms with E-state index in [2.05, 4.69) is 5.32 Å². The second kappa shape index (κ2) is 9.13. The third kappa shape index (κ3) is 4.01. The van der Waals surface area contributed by atoms with E-state index in [0.717, 1.165) is 25.7 Å². The molecular formula is C25H30N4O4S. The van der Waals surface area contributed by atoms with Gasteiger partial charge < -0.3 is 9.29 Å². The van der Waals surface area contributed by atoms with E-state index in [9.17, 15) is 13.6 Å². The van der Waals surface area contributed by atoms with Gasteiger partial charge in [0.25, 0.3) is 0 Å². The Hall–Kier alpha value is -2.75. The fraction of sp³-hybridized carbons (Fsp3) is 0.440. The summed E-state index contributed by atoms with van der Waals surface area (Å²) in [7, 11) is -2.12. The van der Waals surface area contributed by atoms with Crippen molar-refractivity contribution in [1.82, 2.24) is 9.62 Å². The van der Waals surface area contributed by atoms with Gasteiger partial charge in [-0.15, -0.1) is 4.31 Å². The van der Waals surface area contributed by atoms with Crippen LogP contribution in [0.2, 0.25) is 0 Å². The molecule has 2 aromatic carbocycles. The predicted octanol–water partition coefficient (Wildman–Crippen LogP) is 4.00. The third-order valence-electron chi connectivity index (χ3n) is 7.09. The zero-order chi connectivity index (χ0) is 23.8. The lowest BCUT2D eigenvalue weighted by molar-refractivity contribution is 0.251. The maximum atomic E-state index is 13.4. The van der Waals surface area contributed by atoms with Crippen LogP contribution in [0.1, 0.15) is 38.5 Å². The molecule has 1 saturated carbocycles. The van der Waals surface area contributed by atoms with Gasteiger partial charge >= 0.3 is 6.03 Å². The van der Waals surface area contributed by atoms with E-state index in [1.807, 2.05) is 18.2 Å².